The molecule has 0 fully saturated rings. The van der Waals surface area contributed by atoms with Gasteiger partial charge in [0.1, 0.15) is 17.7 Å². The smallest absolute Gasteiger partial charge is 0.408 e. The van der Waals surface area contributed by atoms with Crippen molar-refractivity contribution in [2.24, 2.45) is 5.92 Å². The van der Waals surface area contributed by atoms with E-state index in [9.17, 15) is 14.4 Å². The van der Waals surface area contributed by atoms with Gasteiger partial charge in [-0.1, -0.05) is 29.8 Å². The second kappa shape index (κ2) is 8.97. The topological polar surface area (TPSA) is 93.7 Å². The first-order valence-electron chi connectivity index (χ1n) is 6.95. The number of esters is 1. The Bertz CT molecular complexity index is 407. The molecule has 0 aromatic rings. The Morgan fingerprint density at radius 2 is 1.68 bits per heavy atom. The van der Waals surface area contributed by atoms with E-state index < -0.39 is 35.7 Å². The lowest BCUT2D eigenvalue weighted by Crippen LogP contribution is -2.54. The average Bonchev–Trinajstić information content (AvgIpc) is 2.38. The molecule has 0 aliphatic carbocycles. The third kappa shape index (κ3) is 7.63. The molecule has 0 spiro atoms. The number of rotatable bonds is 6. The number of alkyl halides is 1. The normalized spacial score (nSPS) is 14.0. The molecule has 2 N–H and O–H groups in total. The number of methoxy groups -OCH3 is 1. The Hall–Kier alpha value is -1.31. The Kier molecular flexibility index (Phi) is 8.44. The largest absolute Gasteiger partial charge is 0.467 e. The minimum absolute atomic E-state index is 0.145. The summed E-state index contributed by atoms with van der Waals surface area (Å²) in [5, 5.41) is 5.21. The van der Waals surface area contributed by atoms with Crippen LogP contribution in [0.3, 0.4) is 0 Å². The second-order valence-electron chi connectivity index (χ2n) is 6.11. The minimum atomic E-state index is -0.860. The summed E-state index contributed by atoms with van der Waals surface area (Å²) in [5.41, 5.74) is -0.663. The van der Waals surface area contributed by atoms with Crippen molar-refractivity contribution in [1.82, 2.24) is 10.6 Å². The molecule has 0 unspecified atom stereocenters. The molecule has 0 saturated carbocycles. The standard InChI is InChI=1S/C14H25BrN2O5/c1-8(2)10(12(19)21-6)17-11(18)9(7-15)16-13(20)22-14(3,4)5/h8-10H,7H2,1-6H3,(H,16,20)(H,17,18)/t9-,10-/m0/s1. The van der Waals surface area contributed by atoms with E-state index in [1.807, 2.05) is 0 Å². The molecular formula is C14H25BrN2O5. The van der Waals surface area contributed by atoms with E-state index in [4.69, 9.17) is 4.74 Å². The Morgan fingerprint density at radius 3 is 2.05 bits per heavy atom. The number of hydrogen-bond acceptors (Lipinski definition) is 5. The van der Waals surface area contributed by atoms with Crippen molar-refractivity contribution >= 4 is 33.9 Å². The van der Waals surface area contributed by atoms with E-state index in [-0.39, 0.29) is 11.2 Å². The maximum atomic E-state index is 12.2. The first-order valence-corrected chi connectivity index (χ1v) is 8.07. The van der Waals surface area contributed by atoms with Crippen LogP contribution in [-0.4, -0.2) is 48.1 Å². The van der Waals surface area contributed by atoms with Crippen LogP contribution in [0.4, 0.5) is 4.79 Å². The van der Waals surface area contributed by atoms with Crippen LogP contribution in [0.15, 0.2) is 0 Å². The fraction of sp³-hybridized carbons (Fsp3) is 0.786. The van der Waals surface area contributed by atoms with Gasteiger partial charge in [0.15, 0.2) is 0 Å². The van der Waals surface area contributed by atoms with Crippen LogP contribution in [0, 0.1) is 5.92 Å². The van der Waals surface area contributed by atoms with Gasteiger partial charge in [-0.3, -0.25) is 4.79 Å². The fourth-order valence-corrected chi connectivity index (χ4v) is 1.96. The zero-order valence-corrected chi connectivity index (χ0v) is 15.4. The zero-order chi connectivity index (χ0) is 17.5. The maximum absolute atomic E-state index is 12.2. The van der Waals surface area contributed by atoms with E-state index >= 15 is 0 Å². The summed E-state index contributed by atoms with van der Waals surface area (Å²) in [7, 11) is 1.25. The highest BCUT2D eigenvalue weighted by Crippen LogP contribution is 2.08. The van der Waals surface area contributed by atoms with Crippen molar-refractivity contribution < 1.29 is 23.9 Å². The number of carbonyl (C=O) groups excluding carboxylic acids is 3. The maximum Gasteiger partial charge on any atom is 0.408 e. The van der Waals surface area contributed by atoms with Crippen LogP contribution < -0.4 is 10.6 Å². The van der Waals surface area contributed by atoms with Crippen LogP contribution in [0.1, 0.15) is 34.6 Å². The second-order valence-corrected chi connectivity index (χ2v) is 6.75. The van der Waals surface area contributed by atoms with Crippen molar-refractivity contribution in [3.63, 3.8) is 0 Å². The van der Waals surface area contributed by atoms with E-state index in [2.05, 4.69) is 31.3 Å². The number of carbonyl (C=O) groups is 3. The summed E-state index contributed by atoms with van der Waals surface area (Å²) < 4.78 is 9.76. The van der Waals surface area contributed by atoms with Gasteiger partial charge in [0.2, 0.25) is 5.91 Å². The summed E-state index contributed by atoms with van der Waals surface area (Å²) >= 11 is 3.16. The highest BCUT2D eigenvalue weighted by Gasteiger charge is 2.29. The predicted octanol–water partition coefficient (Wildman–Crippen LogP) is 1.59. The van der Waals surface area contributed by atoms with Gasteiger partial charge < -0.3 is 20.1 Å². The highest BCUT2D eigenvalue weighted by molar-refractivity contribution is 9.09. The van der Waals surface area contributed by atoms with Gasteiger partial charge >= 0.3 is 12.1 Å². The molecule has 0 bridgehead atoms. The number of alkyl carbamates (subject to hydrolysis) is 1. The van der Waals surface area contributed by atoms with Crippen LogP contribution in [0.2, 0.25) is 0 Å². The van der Waals surface area contributed by atoms with Gasteiger partial charge in [-0.15, -0.1) is 0 Å². The predicted molar refractivity (Wildman–Crippen MR) is 85.7 cm³/mol. The van der Waals surface area contributed by atoms with Crippen LogP contribution in [0.5, 0.6) is 0 Å². The van der Waals surface area contributed by atoms with Crippen LogP contribution >= 0.6 is 15.9 Å². The summed E-state index contributed by atoms with van der Waals surface area (Å²) in [4.78, 5) is 35.6. The third-order valence-electron chi connectivity index (χ3n) is 2.58. The Labute approximate surface area is 139 Å². The molecule has 0 aromatic heterocycles. The first kappa shape index (κ1) is 20.7. The molecule has 0 aromatic carbocycles. The van der Waals surface area contributed by atoms with Gasteiger partial charge in [-0.05, 0) is 26.7 Å². The van der Waals surface area contributed by atoms with Crippen molar-refractivity contribution in [3.05, 3.63) is 0 Å². The van der Waals surface area contributed by atoms with Crippen LogP contribution in [0.25, 0.3) is 0 Å². The van der Waals surface area contributed by atoms with Crippen molar-refractivity contribution in [1.29, 1.82) is 0 Å². The number of hydrogen-bond donors (Lipinski definition) is 2. The Balaban J connectivity index is 4.77. The SMILES string of the molecule is COC(=O)[C@@H](NC(=O)[C@H](CBr)NC(=O)OC(C)(C)C)C(C)C. The molecule has 0 radical (unpaired) electrons. The van der Waals surface area contributed by atoms with Gasteiger partial charge in [0.05, 0.1) is 7.11 Å². The Morgan fingerprint density at radius 1 is 1.14 bits per heavy atom. The molecule has 0 aliphatic rings. The average molecular weight is 381 g/mol. The van der Waals surface area contributed by atoms with Gasteiger partial charge in [0, 0.05) is 5.33 Å². The summed E-state index contributed by atoms with van der Waals surface area (Å²) in [6.45, 7) is 8.74. The molecule has 2 amide bonds. The summed E-state index contributed by atoms with van der Waals surface area (Å²) in [6.07, 6.45) is -0.703. The quantitative estimate of drug-likeness (QED) is 0.538. The number of halogens is 1. The molecular weight excluding hydrogens is 356 g/mol. The highest BCUT2D eigenvalue weighted by atomic mass is 79.9. The number of ether oxygens (including phenoxy) is 2. The monoisotopic (exact) mass is 380 g/mol. The molecule has 7 nitrogen and oxygen atoms in total. The summed E-state index contributed by atoms with van der Waals surface area (Å²) in [6, 6.07) is -1.64. The molecule has 8 heteroatoms. The molecule has 128 valence electrons. The minimum Gasteiger partial charge on any atom is -0.467 e. The molecule has 0 rings (SSSR count). The molecule has 0 saturated heterocycles. The molecule has 22 heavy (non-hydrogen) atoms. The van der Waals surface area contributed by atoms with E-state index in [0.29, 0.717) is 0 Å². The van der Waals surface area contributed by atoms with Crippen molar-refractivity contribution in [2.45, 2.75) is 52.3 Å². The lowest BCUT2D eigenvalue weighted by molar-refractivity contribution is -0.146. The zero-order valence-electron chi connectivity index (χ0n) is 13.9. The molecule has 0 heterocycles. The van der Waals surface area contributed by atoms with Crippen molar-refractivity contribution in [2.75, 3.05) is 12.4 Å². The molecule has 2 atom stereocenters. The van der Waals surface area contributed by atoms with Gasteiger partial charge in [-0.2, -0.15) is 0 Å². The lowest BCUT2D eigenvalue weighted by atomic mass is 10.0. The third-order valence-corrected chi connectivity index (χ3v) is 3.23. The van der Waals surface area contributed by atoms with Gasteiger partial charge in [-0.25, -0.2) is 9.59 Å². The van der Waals surface area contributed by atoms with E-state index in [1.54, 1.807) is 34.6 Å². The molecule has 0 aliphatic heterocycles. The van der Waals surface area contributed by atoms with Gasteiger partial charge in [0.25, 0.3) is 0 Å². The van der Waals surface area contributed by atoms with E-state index in [0.717, 1.165) is 0 Å². The van der Waals surface area contributed by atoms with E-state index in [1.165, 1.54) is 7.11 Å². The van der Waals surface area contributed by atoms with Crippen molar-refractivity contribution in [3.8, 4) is 0 Å². The fourth-order valence-electron chi connectivity index (χ4n) is 1.50. The van der Waals surface area contributed by atoms with Crippen LogP contribution in [-0.2, 0) is 19.1 Å². The number of amides is 2. The number of nitrogens with one attached hydrogen (secondary N) is 2. The first-order chi connectivity index (χ1) is 10.0. The lowest BCUT2D eigenvalue weighted by Gasteiger charge is -2.25. The summed E-state index contributed by atoms with van der Waals surface area (Å²) in [5.74, 6) is -1.17.